The predicted molar refractivity (Wildman–Crippen MR) is 109 cm³/mol. The summed E-state index contributed by atoms with van der Waals surface area (Å²) in [7, 11) is 3.29. The van der Waals surface area contributed by atoms with Crippen molar-refractivity contribution in [2.45, 2.75) is 44.6 Å². The fourth-order valence-electron chi connectivity index (χ4n) is 4.22. The number of nitrogens with zero attached hydrogens (tertiary/aromatic N) is 1. The molecular weight excluding hydrogens is 354 g/mol. The van der Waals surface area contributed by atoms with Crippen molar-refractivity contribution >= 4 is 5.91 Å². The van der Waals surface area contributed by atoms with Gasteiger partial charge in [0, 0.05) is 25.4 Å². The largest absolute Gasteiger partial charge is 0.508 e. The normalized spacial score (nSPS) is 15.2. The van der Waals surface area contributed by atoms with Crippen molar-refractivity contribution in [2.75, 3.05) is 20.8 Å². The van der Waals surface area contributed by atoms with Crippen LogP contribution in [0.5, 0.6) is 17.2 Å². The Balaban J connectivity index is 1.89. The second kappa shape index (κ2) is 8.55. The van der Waals surface area contributed by atoms with Crippen molar-refractivity contribution in [3.05, 3.63) is 53.6 Å². The van der Waals surface area contributed by atoms with Crippen molar-refractivity contribution in [3.63, 3.8) is 0 Å². The van der Waals surface area contributed by atoms with Crippen LogP contribution in [0.1, 0.15) is 43.7 Å². The molecule has 1 N–H and O–H groups in total. The highest BCUT2D eigenvalue weighted by atomic mass is 16.5. The number of benzene rings is 2. The van der Waals surface area contributed by atoms with Crippen LogP contribution >= 0.6 is 0 Å². The lowest BCUT2D eigenvalue weighted by Gasteiger charge is -2.36. The van der Waals surface area contributed by atoms with E-state index in [9.17, 15) is 9.90 Å². The first kappa shape index (κ1) is 20.1. The molecule has 0 bridgehead atoms. The van der Waals surface area contributed by atoms with Crippen LogP contribution in [0.3, 0.4) is 0 Å². The lowest BCUT2D eigenvalue weighted by atomic mass is 9.78. The molecule has 2 aromatic rings. The molecule has 1 aliphatic carbocycles. The number of phenols is 1. The van der Waals surface area contributed by atoms with Gasteiger partial charge in [-0.05, 0) is 48.2 Å². The maximum Gasteiger partial charge on any atom is 0.219 e. The molecule has 1 saturated carbocycles. The zero-order valence-corrected chi connectivity index (χ0v) is 16.9. The summed E-state index contributed by atoms with van der Waals surface area (Å²) in [5, 5.41) is 9.51. The molecule has 0 unspecified atom stereocenters. The van der Waals surface area contributed by atoms with E-state index in [2.05, 4.69) is 12.1 Å². The molecule has 5 nitrogen and oxygen atoms in total. The molecule has 0 aromatic heterocycles. The van der Waals surface area contributed by atoms with Crippen LogP contribution in [0.4, 0.5) is 0 Å². The van der Waals surface area contributed by atoms with E-state index in [-0.39, 0.29) is 17.1 Å². The Kier molecular flexibility index (Phi) is 6.12. The van der Waals surface area contributed by atoms with Gasteiger partial charge >= 0.3 is 0 Å². The van der Waals surface area contributed by atoms with Crippen molar-refractivity contribution in [2.24, 2.45) is 0 Å². The van der Waals surface area contributed by atoms with Gasteiger partial charge in [0.2, 0.25) is 5.91 Å². The van der Waals surface area contributed by atoms with Gasteiger partial charge in [0.1, 0.15) is 5.75 Å². The molecule has 0 atom stereocenters. The molecule has 0 saturated heterocycles. The van der Waals surface area contributed by atoms with E-state index >= 15 is 0 Å². The maximum atomic E-state index is 12.4. The molecule has 150 valence electrons. The highest BCUT2D eigenvalue weighted by molar-refractivity contribution is 5.73. The van der Waals surface area contributed by atoms with Crippen LogP contribution in [0.2, 0.25) is 0 Å². The molecule has 2 aromatic carbocycles. The Morgan fingerprint density at radius 1 is 1.04 bits per heavy atom. The summed E-state index contributed by atoms with van der Waals surface area (Å²) in [6, 6.07) is 13.2. The molecule has 5 heteroatoms. The van der Waals surface area contributed by atoms with Crippen LogP contribution in [0, 0.1) is 0 Å². The van der Waals surface area contributed by atoms with Crippen molar-refractivity contribution in [3.8, 4) is 17.2 Å². The molecule has 1 amide bonds. The van der Waals surface area contributed by atoms with Gasteiger partial charge in [0.05, 0.1) is 14.2 Å². The minimum absolute atomic E-state index is 0.0554. The van der Waals surface area contributed by atoms with Crippen molar-refractivity contribution < 1.29 is 19.4 Å². The van der Waals surface area contributed by atoms with Gasteiger partial charge in [-0.1, -0.05) is 31.0 Å². The van der Waals surface area contributed by atoms with E-state index < -0.39 is 0 Å². The van der Waals surface area contributed by atoms with Crippen molar-refractivity contribution in [1.29, 1.82) is 0 Å². The van der Waals surface area contributed by atoms with E-state index in [1.54, 1.807) is 33.3 Å². The summed E-state index contributed by atoms with van der Waals surface area (Å²) in [6.45, 7) is 2.82. The van der Waals surface area contributed by atoms with Gasteiger partial charge in [-0.25, -0.2) is 0 Å². The highest BCUT2D eigenvalue weighted by Crippen LogP contribution is 2.44. The van der Waals surface area contributed by atoms with E-state index in [0.29, 0.717) is 18.8 Å². The predicted octanol–water partition coefficient (Wildman–Crippen LogP) is 4.27. The number of hydrogen-bond acceptors (Lipinski definition) is 4. The molecule has 0 heterocycles. The van der Waals surface area contributed by atoms with Gasteiger partial charge in [-0.2, -0.15) is 0 Å². The van der Waals surface area contributed by atoms with Gasteiger partial charge in [0.15, 0.2) is 11.5 Å². The summed E-state index contributed by atoms with van der Waals surface area (Å²) < 4.78 is 10.9. The number of aromatic hydroxyl groups is 1. The van der Waals surface area contributed by atoms with Gasteiger partial charge in [-0.3, -0.25) is 4.79 Å². The van der Waals surface area contributed by atoms with Crippen LogP contribution < -0.4 is 9.47 Å². The molecule has 3 rings (SSSR count). The van der Waals surface area contributed by atoms with Crippen LogP contribution in [-0.2, 0) is 16.8 Å². The number of methoxy groups -OCH3 is 2. The monoisotopic (exact) mass is 383 g/mol. The fourth-order valence-corrected chi connectivity index (χ4v) is 4.22. The summed E-state index contributed by atoms with van der Waals surface area (Å²) in [4.78, 5) is 14.3. The molecule has 0 aliphatic heterocycles. The third-order valence-electron chi connectivity index (χ3n) is 5.81. The number of phenolic OH excluding ortho intramolecular Hbond substituents is 1. The molecule has 0 radical (unpaired) electrons. The summed E-state index contributed by atoms with van der Waals surface area (Å²) in [5.74, 6) is 1.72. The smallest absolute Gasteiger partial charge is 0.219 e. The van der Waals surface area contributed by atoms with E-state index in [0.717, 1.165) is 37.0 Å². The van der Waals surface area contributed by atoms with Crippen LogP contribution in [-0.4, -0.2) is 36.7 Å². The zero-order chi connectivity index (χ0) is 20.1. The second-order valence-corrected chi connectivity index (χ2v) is 7.60. The Hall–Kier alpha value is -2.69. The first-order chi connectivity index (χ1) is 13.5. The molecule has 0 spiro atoms. The van der Waals surface area contributed by atoms with E-state index in [1.165, 1.54) is 5.56 Å². The maximum absolute atomic E-state index is 12.4. The lowest BCUT2D eigenvalue weighted by Crippen LogP contribution is -2.41. The topological polar surface area (TPSA) is 59.0 Å². The van der Waals surface area contributed by atoms with Crippen LogP contribution in [0.25, 0.3) is 0 Å². The Morgan fingerprint density at radius 3 is 2.25 bits per heavy atom. The molecule has 28 heavy (non-hydrogen) atoms. The summed E-state index contributed by atoms with van der Waals surface area (Å²) in [6.07, 6.45) is 4.39. The van der Waals surface area contributed by atoms with Gasteiger partial charge in [0.25, 0.3) is 0 Å². The molecular formula is C23H29NO4. The SMILES string of the molecule is COc1ccc(C2(CN(Cc3ccc(O)cc3)C(C)=O)CCCC2)cc1OC. The van der Waals surface area contributed by atoms with Gasteiger partial charge < -0.3 is 19.5 Å². The van der Waals surface area contributed by atoms with Crippen molar-refractivity contribution in [1.82, 2.24) is 4.90 Å². The molecule has 1 aliphatic rings. The minimum atomic E-state index is -0.0812. The third-order valence-corrected chi connectivity index (χ3v) is 5.81. The van der Waals surface area contributed by atoms with Gasteiger partial charge in [-0.15, -0.1) is 0 Å². The second-order valence-electron chi connectivity index (χ2n) is 7.60. The Morgan fingerprint density at radius 2 is 1.68 bits per heavy atom. The number of amides is 1. The van der Waals surface area contributed by atoms with Crippen LogP contribution in [0.15, 0.2) is 42.5 Å². The first-order valence-electron chi connectivity index (χ1n) is 9.73. The standard InChI is InChI=1S/C23H29NO4/c1-17(25)24(15-18-6-9-20(26)10-7-18)16-23(12-4-5-13-23)19-8-11-21(27-2)22(14-19)28-3/h6-11,14,26H,4-5,12-13,15-16H2,1-3H3. The number of carbonyl (C=O) groups excluding carboxylic acids is 1. The quantitative estimate of drug-likeness (QED) is 0.776. The average molecular weight is 383 g/mol. The average Bonchev–Trinajstić information content (AvgIpc) is 3.18. The minimum Gasteiger partial charge on any atom is -0.508 e. The fraction of sp³-hybridized carbons (Fsp3) is 0.435. The first-order valence-corrected chi connectivity index (χ1v) is 9.73. The Bertz CT molecular complexity index is 810. The lowest BCUT2D eigenvalue weighted by molar-refractivity contribution is -0.130. The number of hydrogen-bond donors (Lipinski definition) is 1. The zero-order valence-electron chi connectivity index (χ0n) is 16.9. The number of ether oxygens (including phenoxy) is 2. The number of rotatable bonds is 7. The highest BCUT2D eigenvalue weighted by Gasteiger charge is 2.38. The Labute approximate surface area is 166 Å². The molecule has 1 fully saturated rings. The third kappa shape index (κ3) is 4.24. The summed E-state index contributed by atoms with van der Waals surface area (Å²) >= 11 is 0. The van der Waals surface area contributed by atoms with E-state index in [1.807, 2.05) is 23.1 Å². The van der Waals surface area contributed by atoms with E-state index in [4.69, 9.17) is 9.47 Å². The number of carbonyl (C=O) groups is 1. The summed E-state index contributed by atoms with van der Waals surface area (Å²) in [5.41, 5.74) is 2.12.